The van der Waals surface area contributed by atoms with Crippen LogP contribution in [0.1, 0.15) is 16.2 Å². The summed E-state index contributed by atoms with van der Waals surface area (Å²) in [5.74, 6) is -0.0781. The first-order chi connectivity index (χ1) is 11.9. The topological polar surface area (TPSA) is 114 Å². The monoisotopic (exact) mass is 346 g/mol. The van der Waals surface area contributed by atoms with Crippen molar-refractivity contribution in [2.45, 2.75) is 19.6 Å². The quantitative estimate of drug-likeness (QED) is 0.774. The molecule has 0 unspecified atom stereocenters. The van der Waals surface area contributed by atoms with Crippen molar-refractivity contribution in [3.8, 4) is 0 Å². The number of carbonyl (C=O) groups excluding carboxylic acids is 1. The molecule has 2 aromatic heterocycles. The zero-order valence-corrected chi connectivity index (χ0v) is 13.9. The molecule has 10 nitrogen and oxygen atoms in total. The Morgan fingerprint density at radius 2 is 2.04 bits per heavy atom. The van der Waals surface area contributed by atoms with Gasteiger partial charge in [-0.05, 0) is 12.1 Å². The van der Waals surface area contributed by atoms with E-state index in [1.807, 2.05) is 4.90 Å². The lowest BCUT2D eigenvalue weighted by atomic mass is 10.2. The van der Waals surface area contributed by atoms with Gasteiger partial charge in [-0.2, -0.15) is 5.10 Å². The Morgan fingerprint density at radius 3 is 2.64 bits per heavy atom. The molecule has 2 aromatic rings. The first kappa shape index (κ1) is 16.7. The fraction of sp³-hybridized carbons (Fsp3) is 0.400. The number of nitrogens with zero attached hydrogens (tertiary/aromatic N) is 6. The van der Waals surface area contributed by atoms with Gasteiger partial charge >= 0.3 is 11.7 Å². The zero-order chi connectivity index (χ0) is 18.1. The second kappa shape index (κ2) is 6.38. The maximum absolute atomic E-state index is 12.3. The van der Waals surface area contributed by atoms with Gasteiger partial charge in [-0.15, -0.1) is 0 Å². The van der Waals surface area contributed by atoms with E-state index in [4.69, 9.17) is 5.11 Å². The van der Waals surface area contributed by atoms with Crippen molar-refractivity contribution in [2.24, 2.45) is 0 Å². The minimum Gasteiger partial charge on any atom is -0.478 e. The number of aromatic carboxylic acids is 1. The third-order valence-electron chi connectivity index (χ3n) is 4.03. The van der Waals surface area contributed by atoms with Crippen LogP contribution in [-0.2, 0) is 24.4 Å². The van der Waals surface area contributed by atoms with Crippen molar-refractivity contribution in [1.82, 2.24) is 24.2 Å². The van der Waals surface area contributed by atoms with Gasteiger partial charge < -0.3 is 14.9 Å². The molecule has 0 saturated carbocycles. The molecule has 0 saturated heterocycles. The molecule has 132 valence electrons. The van der Waals surface area contributed by atoms with E-state index in [1.165, 1.54) is 21.8 Å². The third-order valence-corrected chi connectivity index (χ3v) is 4.03. The number of likely N-dealkylation sites (N-methyl/N-ethyl adjacent to an activating group) is 1. The number of carboxylic acid groups (broad SMARTS) is 1. The Balaban J connectivity index is 1.80. The van der Waals surface area contributed by atoms with Crippen molar-refractivity contribution in [1.29, 1.82) is 0 Å². The minimum atomic E-state index is -1.03. The van der Waals surface area contributed by atoms with Crippen LogP contribution < -0.4 is 10.6 Å². The van der Waals surface area contributed by atoms with Crippen LogP contribution in [0, 0.1) is 0 Å². The lowest BCUT2D eigenvalue weighted by Gasteiger charge is -2.27. The van der Waals surface area contributed by atoms with Gasteiger partial charge in [0.2, 0.25) is 5.91 Å². The van der Waals surface area contributed by atoms with Crippen LogP contribution in [0.15, 0.2) is 23.1 Å². The number of amides is 1. The van der Waals surface area contributed by atoms with Crippen LogP contribution in [0.25, 0.3) is 0 Å². The van der Waals surface area contributed by atoms with E-state index in [0.29, 0.717) is 31.3 Å². The van der Waals surface area contributed by atoms with Crippen molar-refractivity contribution < 1.29 is 14.7 Å². The first-order valence-corrected chi connectivity index (χ1v) is 7.68. The highest BCUT2D eigenvalue weighted by Gasteiger charge is 2.23. The van der Waals surface area contributed by atoms with Crippen molar-refractivity contribution >= 4 is 17.7 Å². The van der Waals surface area contributed by atoms with Crippen molar-refractivity contribution in [3.63, 3.8) is 0 Å². The number of hydrogen-bond donors (Lipinski definition) is 1. The normalized spacial score (nSPS) is 13.4. The number of aromatic nitrogens is 4. The average molecular weight is 346 g/mol. The SMILES string of the molecule is CN(C)C(=O)Cn1nc2n(c1=O)CCN(c1ccc(C(=O)O)cn1)C2. The van der Waals surface area contributed by atoms with Gasteiger partial charge in [0.05, 0.1) is 12.1 Å². The summed E-state index contributed by atoms with van der Waals surface area (Å²) in [6, 6.07) is 3.12. The second-order valence-electron chi connectivity index (χ2n) is 5.93. The molecule has 0 fully saturated rings. The molecule has 1 amide bonds. The predicted octanol–water partition coefficient (Wildman–Crippen LogP) is -0.754. The summed E-state index contributed by atoms with van der Waals surface area (Å²) < 4.78 is 2.72. The van der Waals surface area contributed by atoms with E-state index in [1.54, 1.807) is 24.7 Å². The summed E-state index contributed by atoms with van der Waals surface area (Å²) in [6.45, 7) is 1.22. The average Bonchev–Trinajstić information content (AvgIpc) is 2.90. The van der Waals surface area contributed by atoms with Crippen LogP contribution in [0.3, 0.4) is 0 Å². The molecule has 0 aromatic carbocycles. The molecule has 3 heterocycles. The molecular weight excluding hydrogens is 328 g/mol. The molecule has 25 heavy (non-hydrogen) atoms. The zero-order valence-electron chi connectivity index (χ0n) is 13.9. The Labute approximate surface area is 142 Å². The highest BCUT2D eigenvalue weighted by molar-refractivity contribution is 5.87. The van der Waals surface area contributed by atoms with Crippen LogP contribution in [-0.4, -0.2) is 61.9 Å². The molecule has 0 aliphatic carbocycles. The van der Waals surface area contributed by atoms with E-state index in [0.717, 1.165) is 0 Å². The maximum atomic E-state index is 12.3. The third kappa shape index (κ3) is 3.23. The summed E-state index contributed by atoms with van der Waals surface area (Å²) in [7, 11) is 3.25. The van der Waals surface area contributed by atoms with Gasteiger partial charge in [0, 0.05) is 33.4 Å². The van der Waals surface area contributed by atoms with Gasteiger partial charge in [0.15, 0.2) is 5.82 Å². The van der Waals surface area contributed by atoms with Gasteiger partial charge in [-0.3, -0.25) is 9.36 Å². The van der Waals surface area contributed by atoms with Gasteiger partial charge in [-0.1, -0.05) is 0 Å². The van der Waals surface area contributed by atoms with Crippen LogP contribution in [0.4, 0.5) is 5.82 Å². The summed E-state index contributed by atoms with van der Waals surface area (Å²) >= 11 is 0. The molecule has 1 aliphatic heterocycles. The Hall–Kier alpha value is -3.17. The molecular formula is C15H18N6O4. The summed E-state index contributed by atoms with van der Waals surface area (Å²) in [6.07, 6.45) is 1.30. The summed E-state index contributed by atoms with van der Waals surface area (Å²) in [5, 5.41) is 13.2. The molecule has 0 atom stereocenters. The molecule has 10 heteroatoms. The van der Waals surface area contributed by atoms with Crippen molar-refractivity contribution in [2.75, 3.05) is 25.5 Å². The lowest BCUT2D eigenvalue weighted by molar-refractivity contribution is -0.129. The fourth-order valence-corrected chi connectivity index (χ4v) is 2.57. The van der Waals surface area contributed by atoms with Crippen LogP contribution in [0.5, 0.6) is 0 Å². The predicted molar refractivity (Wildman–Crippen MR) is 87.4 cm³/mol. The molecule has 3 rings (SSSR count). The number of carbonyl (C=O) groups is 2. The molecule has 0 bridgehead atoms. The molecule has 1 N–H and O–H groups in total. The maximum Gasteiger partial charge on any atom is 0.346 e. The number of carboxylic acids is 1. The number of hydrogen-bond acceptors (Lipinski definition) is 6. The number of fused-ring (bicyclic) bond motifs is 1. The number of pyridine rings is 1. The number of anilines is 1. The Bertz CT molecular complexity index is 867. The van der Waals surface area contributed by atoms with E-state index in [9.17, 15) is 14.4 Å². The van der Waals surface area contributed by atoms with E-state index >= 15 is 0 Å². The van der Waals surface area contributed by atoms with Gasteiger partial charge in [0.25, 0.3) is 0 Å². The molecule has 0 spiro atoms. The number of rotatable bonds is 4. The fourth-order valence-electron chi connectivity index (χ4n) is 2.57. The van der Waals surface area contributed by atoms with Crippen molar-refractivity contribution in [3.05, 3.63) is 40.2 Å². The Kier molecular flexibility index (Phi) is 4.26. The van der Waals surface area contributed by atoms with Gasteiger partial charge in [0.1, 0.15) is 12.4 Å². The minimum absolute atomic E-state index is 0.0998. The lowest BCUT2D eigenvalue weighted by Crippen LogP contribution is -2.38. The highest BCUT2D eigenvalue weighted by Crippen LogP contribution is 2.17. The van der Waals surface area contributed by atoms with Gasteiger partial charge in [-0.25, -0.2) is 19.3 Å². The first-order valence-electron chi connectivity index (χ1n) is 7.68. The van der Waals surface area contributed by atoms with Crippen LogP contribution in [0.2, 0.25) is 0 Å². The Morgan fingerprint density at radius 1 is 1.28 bits per heavy atom. The highest BCUT2D eigenvalue weighted by atomic mass is 16.4. The summed E-state index contributed by atoms with van der Waals surface area (Å²) in [4.78, 5) is 42.5. The smallest absolute Gasteiger partial charge is 0.346 e. The van der Waals surface area contributed by atoms with E-state index < -0.39 is 5.97 Å². The van der Waals surface area contributed by atoms with E-state index in [-0.39, 0.29) is 23.7 Å². The molecule has 1 aliphatic rings. The second-order valence-corrected chi connectivity index (χ2v) is 5.93. The summed E-state index contributed by atoms with van der Waals surface area (Å²) in [5.41, 5.74) is -0.192. The standard InChI is InChI=1S/C15H18N6O4/c1-18(2)13(22)9-21-15(25)20-6-5-19(8-12(20)17-21)11-4-3-10(7-16-11)14(23)24/h3-4,7H,5-6,8-9H2,1-2H3,(H,23,24). The largest absolute Gasteiger partial charge is 0.478 e. The molecule has 0 radical (unpaired) electrons. The van der Waals surface area contributed by atoms with Crippen LogP contribution >= 0.6 is 0 Å². The van der Waals surface area contributed by atoms with E-state index in [2.05, 4.69) is 10.1 Å².